The standard InChI is InChI=1S/C22H19FN2O2/c23-17-8-9-18-19(15-17)27-22(20-7-4-12-25(18)20)10-13-24(14-11-22)21(26)16-5-2-1-3-6-16/h1-9,12,15H,10-11,13-14H2. The van der Waals surface area contributed by atoms with Crippen molar-refractivity contribution in [2.75, 3.05) is 13.1 Å². The Bertz CT molecular complexity index is 1000. The molecule has 3 aromatic rings. The number of halogens is 1. The lowest BCUT2D eigenvalue weighted by Crippen LogP contribution is -2.50. The molecule has 2 aromatic carbocycles. The molecule has 4 nitrogen and oxygen atoms in total. The Balaban J connectivity index is 1.44. The van der Waals surface area contributed by atoms with Crippen LogP contribution in [-0.2, 0) is 5.60 Å². The molecule has 0 unspecified atom stereocenters. The first-order valence-electron chi connectivity index (χ1n) is 9.17. The molecule has 27 heavy (non-hydrogen) atoms. The fraction of sp³-hybridized carbons (Fsp3) is 0.227. The van der Waals surface area contributed by atoms with Crippen LogP contribution in [0.1, 0.15) is 28.9 Å². The van der Waals surface area contributed by atoms with Gasteiger partial charge in [-0.25, -0.2) is 4.39 Å². The van der Waals surface area contributed by atoms with E-state index in [1.807, 2.05) is 47.5 Å². The molecule has 1 amide bonds. The molecule has 1 aromatic heterocycles. The molecule has 3 heterocycles. The van der Waals surface area contributed by atoms with Crippen LogP contribution in [0.4, 0.5) is 4.39 Å². The summed E-state index contributed by atoms with van der Waals surface area (Å²) >= 11 is 0. The summed E-state index contributed by atoms with van der Waals surface area (Å²) in [5.74, 6) is 0.292. The first-order valence-corrected chi connectivity index (χ1v) is 9.17. The first-order chi connectivity index (χ1) is 13.2. The largest absolute Gasteiger partial charge is 0.479 e. The number of ether oxygens (including phenoxy) is 1. The van der Waals surface area contributed by atoms with E-state index in [-0.39, 0.29) is 11.7 Å². The monoisotopic (exact) mass is 362 g/mol. The normalized spacial score (nSPS) is 17.1. The zero-order valence-corrected chi connectivity index (χ0v) is 14.8. The topological polar surface area (TPSA) is 34.5 Å². The van der Waals surface area contributed by atoms with Gasteiger partial charge in [0.2, 0.25) is 0 Å². The van der Waals surface area contributed by atoms with E-state index in [0.29, 0.717) is 37.2 Å². The minimum absolute atomic E-state index is 0.0445. The Hall–Kier alpha value is -3.08. The van der Waals surface area contributed by atoms with Crippen molar-refractivity contribution >= 4 is 5.91 Å². The molecule has 2 aliphatic rings. The molecule has 0 atom stereocenters. The van der Waals surface area contributed by atoms with Crippen molar-refractivity contribution in [3.8, 4) is 11.4 Å². The van der Waals surface area contributed by atoms with Gasteiger partial charge < -0.3 is 14.2 Å². The summed E-state index contributed by atoms with van der Waals surface area (Å²) < 4.78 is 22.2. The number of hydrogen-bond donors (Lipinski definition) is 0. The van der Waals surface area contributed by atoms with Crippen LogP contribution in [0.2, 0.25) is 0 Å². The summed E-state index contributed by atoms with van der Waals surface area (Å²) in [4.78, 5) is 14.6. The highest BCUT2D eigenvalue weighted by Crippen LogP contribution is 2.45. The number of amides is 1. The predicted molar refractivity (Wildman–Crippen MR) is 99.6 cm³/mol. The van der Waals surface area contributed by atoms with Crippen molar-refractivity contribution in [3.63, 3.8) is 0 Å². The van der Waals surface area contributed by atoms with Crippen LogP contribution in [0.15, 0.2) is 66.9 Å². The number of fused-ring (bicyclic) bond motifs is 4. The molecule has 1 saturated heterocycles. The lowest BCUT2D eigenvalue weighted by molar-refractivity contribution is -0.00950. The molecule has 136 valence electrons. The average Bonchev–Trinajstić information content (AvgIpc) is 3.20. The maximum absolute atomic E-state index is 13.8. The van der Waals surface area contributed by atoms with Gasteiger partial charge in [0.1, 0.15) is 11.6 Å². The van der Waals surface area contributed by atoms with Crippen molar-refractivity contribution < 1.29 is 13.9 Å². The number of carbonyl (C=O) groups excluding carboxylic acids is 1. The summed E-state index contributed by atoms with van der Waals surface area (Å²) in [7, 11) is 0. The molecule has 5 rings (SSSR count). The third-order valence-corrected chi connectivity index (χ3v) is 5.58. The first kappa shape index (κ1) is 16.1. The fourth-order valence-corrected chi connectivity index (χ4v) is 4.19. The van der Waals surface area contributed by atoms with Gasteiger partial charge >= 0.3 is 0 Å². The van der Waals surface area contributed by atoms with E-state index in [2.05, 4.69) is 10.6 Å². The zero-order valence-electron chi connectivity index (χ0n) is 14.8. The maximum Gasteiger partial charge on any atom is 0.253 e. The molecule has 0 saturated carbocycles. The average molecular weight is 362 g/mol. The van der Waals surface area contributed by atoms with Crippen LogP contribution >= 0.6 is 0 Å². The van der Waals surface area contributed by atoms with E-state index in [1.54, 1.807) is 6.07 Å². The van der Waals surface area contributed by atoms with Crippen LogP contribution in [0.25, 0.3) is 5.69 Å². The number of rotatable bonds is 1. The summed E-state index contributed by atoms with van der Waals surface area (Å²) in [6, 6.07) is 18.0. The van der Waals surface area contributed by atoms with E-state index in [4.69, 9.17) is 4.74 Å². The Morgan fingerprint density at radius 3 is 2.56 bits per heavy atom. The quantitative estimate of drug-likeness (QED) is 0.652. The Morgan fingerprint density at radius 2 is 1.78 bits per heavy atom. The van der Waals surface area contributed by atoms with Crippen molar-refractivity contribution in [1.29, 1.82) is 0 Å². The van der Waals surface area contributed by atoms with E-state index in [0.717, 1.165) is 11.4 Å². The van der Waals surface area contributed by atoms with E-state index >= 15 is 0 Å². The smallest absolute Gasteiger partial charge is 0.253 e. The molecule has 1 spiro atoms. The summed E-state index contributed by atoms with van der Waals surface area (Å²) in [5, 5.41) is 0. The summed E-state index contributed by atoms with van der Waals surface area (Å²) in [6.07, 6.45) is 3.33. The molecule has 0 radical (unpaired) electrons. The van der Waals surface area contributed by atoms with Gasteiger partial charge in [-0.1, -0.05) is 18.2 Å². The van der Waals surface area contributed by atoms with Crippen LogP contribution in [0, 0.1) is 5.82 Å². The van der Waals surface area contributed by atoms with Crippen molar-refractivity contribution in [2.24, 2.45) is 0 Å². The molecule has 0 N–H and O–H groups in total. The molecule has 2 aliphatic heterocycles. The highest BCUT2D eigenvalue weighted by molar-refractivity contribution is 5.94. The fourth-order valence-electron chi connectivity index (χ4n) is 4.19. The number of piperidine rings is 1. The van der Waals surface area contributed by atoms with E-state index in [9.17, 15) is 9.18 Å². The number of likely N-dealkylation sites (tertiary alicyclic amines) is 1. The SMILES string of the molecule is O=C(c1ccccc1)N1CCC2(CC1)Oc1cc(F)ccc1-n1cccc12. The minimum atomic E-state index is -0.530. The highest BCUT2D eigenvalue weighted by Gasteiger charge is 2.44. The van der Waals surface area contributed by atoms with Gasteiger partial charge in [-0.3, -0.25) is 4.79 Å². The number of aromatic nitrogens is 1. The second kappa shape index (κ2) is 5.98. The van der Waals surface area contributed by atoms with Gasteiger partial charge in [0, 0.05) is 43.8 Å². The molecular weight excluding hydrogens is 343 g/mol. The van der Waals surface area contributed by atoms with Gasteiger partial charge in [-0.15, -0.1) is 0 Å². The third kappa shape index (κ3) is 2.53. The Kier molecular flexibility index (Phi) is 3.57. The van der Waals surface area contributed by atoms with Gasteiger partial charge in [0.25, 0.3) is 5.91 Å². The number of nitrogens with zero attached hydrogens (tertiary/aromatic N) is 2. The number of carbonyl (C=O) groups is 1. The van der Waals surface area contributed by atoms with Crippen LogP contribution in [-0.4, -0.2) is 28.5 Å². The predicted octanol–water partition coefficient (Wildman–Crippen LogP) is 4.14. The van der Waals surface area contributed by atoms with Crippen LogP contribution in [0.3, 0.4) is 0 Å². The Labute approximate surface area is 156 Å². The van der Waals surface area contributed by atoms with Gasteiger partial charge in [-0.05, 0) is 36.4 Å². The summed E-state index contributed by atoms with van der Waals surface area (Å²) in [6.45, 7) is 1.20. The minimum Gasteiger partial charge on any atom is -0.479 e. The van der Waals surface area contributed by atoms with Crippen molar-refractivity contribution in [3.05, 3.63) is 83.9 Å². The Morgan fingerprint density at radius 1 is 1.00 bits per heavy atom. The van der Waals surface area contributed by atoms with Gasteiger partial charge in [0.15, 0.2) is 5.60 Å². The zero-order chi connectivity index (χ0) is 18.4. The lowest BCUT2D eigenvalue weighted by Gasteiger charge is -2.45. The molecule has 0 bridgehead atoms. The molecule has 5 heteroatoms. The second-order valence-corrected chi connectivity index (χ2v) is 7.13. The second-order valence-electron chi connectivity index (χ2n) is 7.13. The molecular formula is C22H19FN2O2. The lowest BCUT2D eigenvalue weighted by atomic mass is 9.86. The third-order valence-electron chi connectivity index (χ3n) is 5.58. The number of hydrogen-bond acceptors (Lipinski definition) is 2. The summed E-state index contributed by atoms with van der Waals surface area (Å²) in [5.41, 5.74) is 2.09. The molecule has 0 aliphatic carbocycles. The van der Waals surface area contributed by atoms with E-state index in [1.165, 1.54) is 12.1 Å². The van der Waals surface area contributed by atoms with Crippen molar-refractivity contribution in [1.82, 2.24) is 9.47 Å². The maximum atomic E-state index is 13.8. The molecule has 1 fully saturated rings. The van der Waals surface area contributed by atoms with Crippen molar-refractivity contribution in [2.45, 2.75) is 18.4 Å². The van der Waals surface area contributed by atoms with Gasteiger partial charge in [-0.2, -0.15) is 0 Å². The highest BCUT2D eigenvalue weighted by atomic mass is 19.1. The van der Waals surface area contributed by atoms with Gasteiger partial charge in [0.05, 0.1) is 11.4 Å². The van der Waals surface area contributed by atoms with E-state index < -0.39 is 5.60 Å². The number of benzene rings is 2. The van der Waals surface area contributed by atoms with Crippen LogP contribution < -0.4 is 4.74 Å². The van der Waals surface area contributed by atoms with Crippen LogP contribution in [0.5, 0.6) is 5.75 Å².